The molecule has 0 radical (unpaired) electrons. The van der Waals surface area contributed by atoms with Gasteiger partial charge in [-0.05, 0) is 23.8 Å². The monoisotopic (exact) mass is 344 g/mol. The van der Waals surface area contributed by atoms with Gasteiger partial charge in [-0.25, -0.2) is 9.66 Å². The van der Waals surface area contributed by atoms with Crippen LogP contribution in [0.5, 0.6) is 5.75 Å². The summed E-state index contributed by atoms with van der Waals surface area (Å²) in [6, 6.07) is 11.4. The van der Waals surface area contributed by atoms with E-state index in [1.807, 2.05) is 36.4 Å². The lowest BCUT2D eigenvalue weighted by Crippen LogP contribution is -2.29. The summed E-state index contributed by atoms with van der Waals surface area (Å²) in [6.07, 6.45) is 0. The topological polar surface area (TPSA) is 93.9 Å². The molecule has 0 spiro atoms. The van der Waals surface area contributed by atoms with Gasteiger partial charge in [0, 0.05) is 4.88 Å². The Morgan fingerprint density at radius 1 is 1.48 bits per heavy atom. The number of nitrogens with two attached hydrogens (primary N) is 1. The average Bonchev–Trinajstić information content (AvgIpc) is 3.01. The summed E-state index contributed by atoms with van der Waals surface area (Å²) in [5.74, 6) is 6.71. The molecule has 0 saturated carbocycles. The van der Waals surface area contributed by atoms with E-state index >= 15 is 0 Å². The number of methoxy groups -OCH3 is 1. The lowest BCUT2D eigenvalue weighted by molar-refractivity contribution is 0.415. The van der Waals surface area contributed by atoms with Gasteiger partial charge < -0.3 is 10.6 Å². The fourth-order valence-corrected chi connectivity index (χ4v) is 3.70. The van der Waals surface area contributed by atoms with Gasteiger partial charge in [0.05, 0.1) is 24.4 Å². The van der Waals surface area contributed by atoms with Crippen molar-refractivity contribution >= 4 is 33.3 Å². The van der Waals surface area contributed by atoms with Crippen molar-refractivity contribution < 1.29 is 4.74 Å². The van der Waals surface area contributed by atoms with Gasteiger partial charge in [-0.1, -0.05) is 23.9 Å². The normalized spacial score (nSPS) is 10.6. The summed E-state index contributed by atoms with van der Waals surface area (Å²) in [4.78, 5) is 17.7. The predicted molar refractivity (Wildman–Crippen MR) is 92.4 cm³/mol. The van der Waals surface area contributed by atoms with Crippen molar-refractivity contribution in [2.24, 2.45) is 0 Å². The summed E-state index contributed by atoms with van der Waals surface area (Å²) in [6.45, 7) is 0. The Labute approximate surface area is 140 Å². The van der Waals surface area contributed by atoms with Crippen molar-refractivity contribution in [1.29, 1.82) is 5.26 Å². The van der Waals surface area contributed by atoms with Gasteiger partial charge in [0.2, 0.25) is 0 Å². The highest BCUT2D eigenvalue weighted by Gasteiger charge is 2.14. The third-order valence-corrected chi connectivity index (χ3v) is 5.15. The van der Waals surface area contributed by atoms with Gasteiger partial charge in [0.15, 0.2) is 5.16 Å². The van der Waals surface area contributed by atoms with Crippen molar-refractivity contribution in [3.63, 3.8) is 0 Å². The zero-order valence-corrected chi connectivity index (χ0v) is 13.8. The SMILES string of the molecule is COc1cccc(-c2cc3nc(SCC#N)n(N)c(=O)c3s2)c1. The number of aromatic nitrogens is 2. The fourth-order valence-electron chi connectivity index (χ4n) is 2.09. The first-order chi connectivity index (χ1) is 11.1. The number of fused-ring (bicyclic) bond motifs is 1. The van der Waals surface area contributed by atoms with E-state index in [0.717, 1.165) is 32.6 Å². The van der Waals surface area contributed by atoms with E-state index in [-0.39, 0.29) is 11.3 Å². The van der Waals surface area contributed by atoms with E-state index in [1.54, 1.807) is 7.11 Å². The number of thiophene rings is 1. The third kappa shape index (κ3) is 2.88. The number of hydrogen-bond acceptors (Lipinski definition) is 7. The van der Waals surface area contributed by atoms with Gasteiger partial charge in [0.1, 0.15) is 10.4 Å². The highest BCUT2D eigenvalue weighted by molar-refractivity contribution is 7.99. The Morgan fingerprint density at radius 2 is 2.30 bits per heavy atom. The molecule has 0 bridgehead atoms. The molecule has 0 saturated heterocycles. The zero-order chi connectivity index (χ0) is 16.4. The molecule has 0 atom stereocenters. The van der Waals surface area contributed by atoms with Crippen LogP contribution in [0.4, 0.5) is 0 Å². The lowest BCUT2D eigenvalue weighted by atomic mass is 10.2. The maximum atomic E-state index is 12.4. The number of hydrogen-bond donors (Lipinski definition) is 1. The molecular weight excluding hydrogens is 332 g/mol. The summed E-state index contributed by atoms with van der Waals surface area (Å²) in [5, 5.41) is 9.00. The predicted octanol–water partition coefficient (Wildman–Crippen LogP) is 2.46. The molecule has 2 N–H and O–H groups in total. The lowest BCUT2D eigenvalue weighted by Gasteiger charge is -2.03. The first-order valence-corrected chi connectivity index (χ1v) is 8.40. The third-order valence-electron chi connectivity index (χ3n) is 3.17. The van der Waals surface area contributed by atoms with Crippen molar-refractivity contribution in [3.05, 3.63) is 40.7 Å². The zero-order valence-electron chi connectivity index (χ0n) is 12.1. The molecule has 3 rings (SSSR count). The molecule has 2 heterocycles. The van der Waals surface area contributed by atoms with E-state index in [9.17, 15) is 4.79 Å². The van der Waals surface area contributed by atoms with Gasteiger partial charge in [-0.3, -0.25) is 4.79 Å². The highest BCUT2D eigenvalue weighted by atomic mass is 32.2. The molecule has 2 aromatic heterocycles. The van der Waals surface area contributed by atoms with Crippen LogP contribution in [0, 0.1) is 11.3 Å². The number of nitrogens with zero attached hydrogens (tertiary/aromatic N) is 3. The molecular formula is C15H12N4O2S2. The molecule has 0 aliphatic rings. The van der Waals surface area contributed by atoms with Crippen molar-refractivity contribution in [2.45, 2.75) is 5.16 Å². The molecule has 0 aliphatic heterocycles. The molecule has 1 aromatic carbocycles. The van der Waals surface area contributed by atoms with E-state index in [0.29, 0.717) is 15.4 Å². The highest BCUT2D eigenvalue weighted by Crippen LogP contribution is 2.33. The summed E-state index contributed by atoms with van der Waals surface area (Å²) in [7, 11) is 1.61. The smallest absolute Gasteiger partial charge is 0.290 e. The van der Waals surface area contributed by atoms with Crippen LogP contribution in [0.1, 0.15) is 0 Å². The maximum absolute atomic E-state index is 12.4. The summed E-state index contributed by atoms with van der Waals surface area (Å²) >= 11 is 2.47. The molecule has 0 fully saturated rings. The first-order valence-electron chi connectivity index (χ1n) is 6.60. The van der Waals surface area contributed by atoms with Crippen LogP contribution in [-0.4, -0.2) is 22.5 Å². The standard InChI is InChI=1S/C15H12N4O2S2/c1-21-10-4-2-3-9(7-10)12-8-11-13(23-12)14(20)19(17)15(18-11)22-6-5-16/h2-4,7-8H,6,17H2,1H3. The van der Waals surface area contributed by atoms with Gasteiger partial charge in [0.25, 0.3) is 5.56 Å². The van der Waals surface area contributed by atoms with E-state index < -0.39 is 0 Å². The minimum atomic E-state index is -0.311. The van der Waals surface area contributed by atoms with Crippen molar-refractivity contribution in [2.75, 3.05) is 18.7 Å². The average molecular weight is 344 g/mol. The van der Waals surface area contributed by atoms with Crippen molar-refractivity contribution in [3.8, 4) is 22.3 Å². The van der Waals surface area contributed by atoms with Crippen LogP contribution in [0.15, 0.2) is 40.3 Å². The molecule has 23 heavy (non-hydrogen) atoms. The number of nitriles is 1. The Morgan fingerprint density at radius 3 is 3.04 bits per heavy atom. The number of benzene rings is 1. The number of rotatable bonds is 4. The molecule has 6 nitrogen and oxygen atoms in total. The molecule has 0 unspecified atom stereocenters. The minimum absolute atomic E-state index is 0.183. The van der Waals surface area contributed by atoms with Crippen LogP contribution in [0.3, 0.4) is 0 Å². The van der Waals surface area contributed by atoms with Crippen LogP contribution in [0.25, 0.3) is 20.7 Å². The molecule has 8 heteroatoms. The molecule has 116 valence electrons. The fraction of sp³-hybridized carbons (Fsp3) is 0.133. The molecule has 0 amide bonds. The molecule has 3 aromatic rings. The number of nitrogen functional groups attached to an aromatic ring is 1. The largest absolute Gasteiger partial charge is 0.497 e. The van der Waals surface area contributed by atoms with Crippen LogP contribution in [-0.2, 0) is 0 Å². The Balaban J connectivity index is 2.13. The van der Waals surface area contributed by atoms with Crippen molar-refractivity contribution in [1.82, 2.24) is 9.66 Å². The summed E-state index contributed by atoms with van der Waals surface area (Å²) in [5.41, 5.74) is 1.22. The Kier molecular flexibility index (Phi) is 4.23. The summed E-state index contributed by atoms with van der Waals surface area (Å²) < 4.78 is 6.71. The Bertz CT molecular complexity index is 972. The molecule has 0 aliphatic carbocycles. The van der Waals surface area contributed by atoms with E-state index in [2.05, 4.69) is 4.98 Å². The van der Waals surface area contributed by atoms with Crippen LogP contribution < -0.4 is 16.1 Å². The second kappa shape index (κ2) is 6.32. The second-order valence-electron chi connectivity index (χ2n) is 4.57. The number of ether oxygens (including phenoxy) is 1. The van der Waals surface area contributed by atoms with E-state index in [4.69, 9.17) is 15.8 Å². The minimum Gasteiger partial charge on any atom is -0.497 e. The van der Waals surface area contributed by atoms with Crippen LogP contribution in [0.2, 0.25) is 0 Å². The van der Waals surface area contributed by atoms with Crippen LogP contribution >= 0.6 is 23.1 Å². The quantitative estimate of drug-likeness (QED) is 0.444. The van der Waals surface area contributed by atoms with Gasteiger partial charge >= 0.3 is 0 Å². The number of thioether (sulfide) groups is 1. The van der Waals surface area contributed by atoms with Gasteiger partial charge in [-0.15, -0.1) is 11.3 Å². The van der Waals surface area contributed by atoms with Gasteiger partial charge in [-0.2, -0.15) is 5.26 Å². The second-order valence-corrected chi connectivity index (χ2v) is 6.57. The maximum Gasteiger partial charge on any atom is 0.290 e. The Hall–Kier alpha value is -2.50. The van der Waals surface area contributed by atoms with E-state index in [1.165, 1.54) is 11.3 Å². The first kappa shape index (κ1) is 15.4.